The number of aliphatic hydroxyl groups excluding tert-OH is 1. The molecule has 2 aliphatic rings. The first-order valence-corrected chi connectivity index (χ1v) is 9.19. The van der Waals surface area contributed by atoms with E-state index in [1.165, 1.54) is 0 Å². The van der Waals surface area contributed by atoms with Crippen molar-refractivity contribution < 1.29 is 9.90 Å². The average Bonchev–Trinajstić information content (AvgIpc) is 3.15. The Morgan fingerprint density at radius 3 is 2.92 bits per heavy atom. The third kappa shape index (κ3) is 3.12. The topological polar surface area (TPSA) is 85.3 Å². The summed E-state index contributed by atoms with van der Waals surface area (Å²) in [6.45, 7) is 3.07. The van der Waals surface area contributed by atoms with Gasteiger partial charge in [-0.05, 0) is 44.5 Å². The zero-order valence-corrected chi connectivity index (χ0v) is 15.1. The van der Waals surface area contributed by atoms with E-state index in [0.29, 0.717) is 12.2 Å². The summed E-state index contributed by atoms with van der Waals surface area (Å²) in [5.41, 5.74) is 1.94. The molecule has 0 aromatic carbocycles. The largest absolute Gasteiger partial charge is 0.392 e. The second kappa shape index (κ2) is 6.81. The number of aromatic nitrogens is 3. The number of pyridine rings is 1. The van der Waals surface area contributed by atoms with E-state index < -0.39 is 0 Å². The first-order chi connectivity index (χ1) is 12.6. The molecule has 0 radical (unpaired) electrons. The number of likely N-dealkylation sites (tertiary alicyclic amines) is 2. The number of carbonyl (C=O) groups is 1. The Kier molecular flexibility index (Phi) is 4.50. The van der Waals surface area contributed by atoms with Crippen LogP contribution in [0.1, 0.15) is 29.8 Å². The standard InChI is InChI=1S/C19H25N5O2/c1-23-10-5-17(25)19(12-23)6-2-9-24(13-19)18(26)16-11-15(21-22-16)14-3-7-20-8-4-14/h3-4,7-8,11,17,25H,2,5-6,9-10,12-13H2,1H3,(H,21,22)/t17-,19-/m0/s1. The van der Waals surface area contributed by atoms with Gasteiger partial charge in [0, 0.05) is 49.6 Å². The van der Waals surface area contributed by atoms with Crippen molar-refractivity contribution >= 4 is 5.91 Å². The van der Waals surface area contributed by atoms with E-state index in [0.717, 1.165) is 50.2 Å². The van der Waals surface area contributed by atoms with Gasteiger partial charge in [0.25, 0.3) is 5.91 Å². The van der Waals surface area contributed by atoms with Crippen LogP contribution in [0.5, 0.6) is 0 Å². The van der Waals surface area contributed by atoms with E-state index in [9.17, 15) is 9.90 Å². The van der Waals surface area contributed by atoms with Crippen molar-refractivity contribution in [3.63, 3.8) is 0 Å². The lowest BCUT2D eigenvalue weighted by molar-refractivity contribution is -0.0731. The third-order valence-electron chi connectivity index (χ3n) is 5.76. The van der Waals surface area contributed by atoms with Gasteiger partial charge in [-0.15, -0.1) is 0 Å². The van der Waals surface area contributed by atoms with Gasteiger partial charge < -0.3 is 14.9 Å². The lowest BCUT2D eigenvalue weighted by atomic mass is 9.71. The van der Waals surface area contributed by atoms with E-state index >= 15 is 0 Å². The summed E-state index contributed by atoms with van der Waals surface area (Å²) in [6, 6.07) is 5.53. The number of aliphatic hydroxyl groups is 1. The molecular weight excluding hydrogens is 330 g/mol. The summed E-state index contributed by atoms with van der Waals surface area (Å²) in [7, 11) is 2.09. The molecule has 4 rings (SSSR count). The van der Waals surface area contributed by atoms with E-state index in [-0.39, 0.29) is 17.4 Å². The van der Waals surface area contributed by atoms with Crippen molar-refractivity contribution in [3.8, 4) is 11.3 Å². The van der Waals surface area contributed by atoms with Gasteiger partial charge in [-0.3, -0.25) is 14.9 Å². The number of nitrogens with one attached hydrogen (secondary N) is 1. The molecule has 1 spiro atoms. The van der Waals surface area contributed by atoms with Crippen LogP contribution in [0.2, 0.25) is 0 Å². The molecule has 26 heavy (non-hydrogen) atoms. The quantitative estimate of drug-likeness (QED) is 0.850. The predicted octanol–water partition coefficient (Wildman–Crippen LogP) is 1.39. The lowest BCUT2D eigenvalue weighted by Crippen LogP contribution is -2.59. The highest BCUT2D eigenvalue weighted by molar-refractivity contribution is 5.93. The van der Waals surface area contributed by atoms with Gasteiger partial charge in [0.2, 0.25) is 0 Å². The molecule has 0 aliphatic carbocycles. The maximum Gasteiger partial charge on any atom is 0.271 e. The lowest BCUT2D eigenvalue weighted by Gasteiger charge is -2.50. The Bertz CT molecular complexity index is 777. The maximum atomic E-state index is 13.0. The molecule has 2 aliphatic heterocycles. The summed E-state index contributed by atoms with van der Waals surface area (Å²) in [5, 5.41) is 17.8. The van der Waals surface area contributed by atoms with Crippen LogP contribution in [0.25, 0.3) is 11.3 Å². The molecule has 0 saturated carbocycles. The van der Waals surface area contributed by atoms with Gasteiger partial charge in [-0.1, -0.05) is 0 Å². The fraction of sp³-hybridized carbons (Fsp3) is 0.526. The Morgan fingerprint density at radius 1 is 1.31 bits per heavy atom. The minimum Gasteiger partial charge on any atom is -0.392 e. The van der Waals surface area contributed by atoms with Crippen molar-refractivity contribution in [1.29, 1.82) is 0 Å². The average molecular weight is 355 g/mol. The molecule has 7 heteroatoms. The highest BCUT2D eigenvalue weighted by Gasteiger charge is 2.45. The normalized spacial score (nSPS) is 27.0. The number of hydrogen-bond acceptors (Lipinski definition) is 5. The van der Waals surface area contributed by atoms with Gasteiger partial charge in [-0.2, -0.15) is 5.10 Å². The molecule has 2 saturated heterocycles. The van der Waals surface area contributed by atoms with Crippen LogP contribution >= 0.6 is 0 Å². The monoisotopic (exact) mass is 355 g/mol. The summed E-state index contributed by atoms with van der Waals surface area (Å²) in [4.78, 5) is 21.1. The zero-order valence-electron chi connectivity index (χ0n) is 15.1. The van der Waals surface area contributed by atoms with Crippen LogP contribution in [-0.4, -0.2) is 75.3 Å². The molecule has 2 atom stereocenters. The van der Waals surface area contributed by atoms with E-state index in [1.54, 1.807) is 18.5 Å². The van der Waals surface area contributed by atoms with Gasteiger partial charge in [0.1, 0.15) is 5.69 Å². The minimum absolute atomic E-state index is 0.0442. The third-order valence-corrected chi connectivity index (χ3v) is 5.76. The molecule has 138 valence electrons. The van der Waals surface area contributed by atoms with E-state index in [2.05, 4.69) is 27.1 Å². The van der Waals surface area contributed by atoms with Crippen LogP contribution in [0, 0.1) is 5.41 Å². The van der Waals surface area contributed by atoms with Crippen LogP contribution < -0.4 is 0 Å². The molecule has 0 unspecified atom stereocenters. The zero-order chi connectivity index (χ0) is 18.1. The summed E-state index contributed by atoms with van der Waals surface area (Å²) >= 11 is 0. The summed E-state index contributed by atoms with van der Waals surface area (Å²) < 4.78 is 0. The molecule has 4 heterocycles. The molecule has 1 amide bonds. The first kappa shape index (κ1) is 17.2. The van der Waals surface area contributed by atoms with Crippen molar-refractivity contribution in [2.24, 2.45) is 5.41 Å². The van der Waals surface area contributed by atoms with E-state index in [4.69, 9.17) is 0 Å². The number of amides is 1. The number of rotatable bonds is 2. The molecule has 2 N–H and O–H groups in total. The van der Waals surface area contributed by atoms with Gasteiger partial charge >= 0.3 is 0 Å². The van der Waals surface area contributed by atoms with Crippen LogP contribution in [0.3, 0.4) is 0 Å². The number of carbonyl (C=O) groups excluding carboxylic acids is 1. The predicted molar refractivity (Wildman–Crippen MR) is 97.5 cm³/mol. The smallest absolute Gasteiger partial charge is 0.271 e. The second-order valence-electron chi connectivity index (χ2n) is 7.64. The Hall–Kier alpha value is -2.25. The number of hydrogen-bond donors (Lipinski definition) is 2. The number of nitrogens with zero attached hydrogens (tertiary/aromatic N) is 4. The molecule has 2 aromatic heterocycles. The highest BCUT2D eigenvalue weighted by Crippen LogP contribution is 2.38. The number of H-pyrrole nitrogens is 1. The molecule has 0 bridgehead atoms. The molecule has 7 nitrogen and oxygen atoms in total. The van der Waals surface area contributed by atoms with Crippen LogP contribution in [0.4, 0.5) is 0 Å². The van der Waals surface area contributed by atoms with Crippen molar-refractivity contribution in [1.82, 2.24) is 25.0 Å². The van der Waals surface area contributed by atoms with Crippen LogP contribution in [0.15, 0.2) is 30.6 Å². The molecule has 2 aromatic rings. The fourth-order valence-electron chi connectivity index (χ4n) is 4.38. The number of aromatic amines is 1. The van der Waals surface area contributed by atoms with Gasteiger partial charge in [0.15, 0.2) is 0 Å². The van der Waals surface area contributed by atoms with Gasteiger partial charge in [0.05, 0.1) is 11.8 Å². The second-order valence-corrected chi connectivity index (χ2v) is 7.64. The van der Waals surface area contributed by atoms with Crippen molar-refractivity contribution in [2.45, 2.75) is 25.4 Å². The Morgan fingerprint density at radius 2 is 2.12 bits per heavy atom. The number of piperidine rings is 2. The first-order valence-electron chi connectivity index (χ1n) is 9.19. The fourth-order valence-corrected chi connectivity index (χ4v) is 4.38. The minimum atomic E-state index is -0.344. The van der Waals surface area contributed by atoms with Crippen LogP contribution in [-0.2, 0) is 0 Å². The molecular formula is C19H25N5O2. The Labute approximate surface area is 153 Å². The SMILES string of the molecule is CN1CC[C@H](O)[C@@]2(CCCN(C(=O)c3cc(-c4ccncc4)n[nH]3)C2)C1. The Balaban J connectivity index is 1.52. The van der Waals surface area contributed by atoms with E-state index in [1.807, 2.05) is 17.0 Å². The maximum absolute atomic E-state index is 13.0. The summed E-state index contributed by atoms with van der Waals surface area (Å²) in [6.07, 6.45) is 5.73. The summed E-state index contributed by atoms with van der Waals surface area (Å²) in [5.74, 6) is -0.0442. The van der Waals surface area contributed by atoms with Gasteiger partial charge in [-0.25, -0.2) is 0 Å². The van der Waals surface area contributed by atoms with Crippen molar-refractivity contribution in [3.05, 3.63) is 36.3 Å². The highest BCUT2D eigenvalue weighted by atomic mass is 16.3. The molecule has 2 fully saturated rings. The van der Waals surface area contributed by atoms with Crippen molar-refractivity contribution in [2.75, 3.05) is 33.2 Å².